The fourth-order valence-electron chi connectivity index (χ4n) is 3.25. The van der Waals surface area contributed by atoms with Gasteiger partial charge in [0.2, 0.25) is 5.91 Å². The van der Waals surface area contributed by atoms with Gasteiger partial charge in [-0.3, -0.25) is 9.36 Å². The highest BCUT2D eigenvalue weighted by Gasteiger charge is 2.28. The molecule has 1 aromatic rings. The third-order valence-corrected chi connectivity index (χ3v) is 5.70. The minimum Gasteiger partial charge on any atom is -0.444 e. The molecular weight excluding hydrogens is 398 g/mol. The number of aromatic nitrogens is 3. The van der Waals surface area contributed by atoms with Crippen LogP contribution in [0.2, 0.25) is 0 Å². The summed E-state index contributed by atoms with van der Waals surface area (Å²) in [5, 5.41) is 6.98. The molecule has 0 bridgehead atoms. The maximum atomic E-state index is 12.6. The first-order valence-electron chi connectivity index (χ1n) is 9.88. The molecule has 0 saturated carbocycles. The molecular formula is C18H29N5O5S. The van der Waals surface area contributed by atoms with E-state index in [4.69, 9.17) is 9.47 Å². The Morgan fingerprint density at radius 1 is 1.24 bits per heavy atom. The number of piperazine rings is 1. The molecule has 29 heavy (non-hydrogen) atoms. The maximum absolute atomic E-state index is 12.6. The van der Waals surface area contributed by atoms with Gasteiger partial charge in [0.1, 0.15) is 5.60 Å². The molecule has 0 aromatic carbocycles. The molecule has 1 unspecified atom stereocenters. The van der Waals surface area contributed by atoms with Gasteiger partial charge in [-0.15, -0.1) is 5.10 Å². The third-order valence-electron chi connectivity index (χ3n) is 4.74. The number of nitrogens with zero attached hydrogens (tertiary/aromatic N) is 4. The summed E-state index contributed by atoms with van der Waals surface area (Å²) in [7, 11) is 0. The minimum atomic E-state index is -0.538. The zero-order valence-corrected chi connectivity index (χ0v) is 18.0. The summed E-state index contributed by atoms with van der Waals surface area (Å²) in [5.74, 6) is 0.139. The number of carbonyl (C=O) groups excluding carboxylic acids is 2. The average Bonchev–Trinajstić information content (AvgIpc) is 3.30. The standard InChI is InChI=1S/C18H29N5O5S/c1-18(2,3)28-17(26)22-8-6-21(7-9-22)14(24)12-29-16-20-19-15(25)23(16)11-13-5-4-10-27-13/h13H,4-12H2,1-3H3,(H,19,25). The summed E-state index contributed by atoms with van der Waals surface area (Å²) in [6.07, 6.45) is 1.57. The number of carbonyl (C=O) groups is 2. The van der Waals surface area contributed by atoms with Crippen molar-refractivity contribution in [3.8, 4) is 0 Å². The van der Waals surface area contributed by atoms with Crippen LogP contribution in [0.1, 0.15) is 33.6 Å². The molecule has 1 atom stereocenters. The Labute approximate surface area is 173 Å². The largest absolute Gasteiger partial charge is 0.444 e. The number of ether oxygens (including phenoxy) is 2. The molecule has 2 fully saturated rings. The highest BCUT2D eigenvalue weighted by Crippen LogP contribution is 2.19. The van der Waals surface area contributed by atoms with Crippen LogP contribution in [-0.2, 0) is 20.8 Å². The van der Waals surface area contributed by atoms with Crippen molar-refractivity contribution in [3.63, 3.8) is 0 Å². The zero-order valence-electron chi connectivity index (χ0n) is 17.2. The van der Waals surface area contributed by atoms with Gasteiger partial charge >= 0.3 is 11.8 Å². The highest BCUT2D eigenvalue weighted by atomic mass is 32.2. The lowest BCUT2D eigenvalue weighted by Crippen LogP contribution is -2.52. The van der Waals surface area contributed by atoms with Crippen LogP contribution in [0.3, 0.4) is 0 Å². The molecule has 3 heterocycles. The monoisotopic (exact) mass is 427 g/mol. The van der Waals surface area contributed by atoms with Gasteiger partial charge in [-0.25, -0.2) is 14.7 Å². The lowest BCUT2D eigenvalue weighted by Gasteiger charge is -2.35. The maximum Gasteiger partial charge on any atom is 0.410 e. The third kappa shape index (κ3) is 5.99. The Morgan fingerprint density at radius 2 is 1.93 bits per heavy atom. The average molecular weight is 428 g/mol. The van der Waals surface area contributed by atoms with Gasteiger partial charge in [-0.1, -0.05) is 11.8 Å². The van der Waals surface area contributed by atoms with Gasteiger partial charge in [0.15, 0.2) is 5.16 Å². The number of amides is 2. The van der Waals surface area contributed by atoms with Crippen LogP contribution in [-0.4, -0.2) is 86.8 Å². The van der Waals surface area contributed by atoms with Crippen molar-refractivity contribution in [2.75, 3.05) is 38.5 Å². The molecule has 2 amide bonds. The molecule has 0 spiro atoms. The topological polar surface area (TPSA) is 110 Å². The van der Waals surface area contributed by atoms with Crippen molar-refractivity contribution < 1.29 is 19.1 Å². The van der Waals surface area contributed by atoms with Crippen molar-refractivity contribution >= 4 is 23.8 Å². The lowest BCUT2D eigenvalue weighted by molar-refractivity contribution is -0.130. The van der Waals surface area contributed by atoms with Crippen LogP contribution in [0.25, 0.3) is 0 Å². The smallest absolute Gasteiger partial charge is 0.410 e. The Kier molecular flexibility index (Phi) is 6.89. The molecule has 0 aliphatic carbocycles. The SMILES string of the molecule is CC(C)(C)OC(=O)N1CCN(C(=O)CSc2n[nH]c(=O)n2CC2CCCO2)CC1. The molecule has 1 aromatic heterocycles. The predicted octanol–water partition coefficient (Wildman–Crippen LogP) is 0.922. The predicted molar refractivity (Wildman–Crippen MR) is 107 cm³/mol. The van der Waals surface area contributed by atoms with Crippen LogP contribution < -0.4 is 5.69 Å². The molecule has 0 radical (unpaired) electrons. The van der Waals surface area contributed by atoms with Crippen molar-refractivity contribution in [1.29, 1.82) is 0 Å². The summed E-state index contributed by atoms with van der Waals surface area (Å²) in [4.78, 5) is 40.0. The highest BCUT2D eigenvalue weighted by molar-refractivity contribution is 7.99. The van der Waals surface area contributed by atoms with Gasteiger partial charge in [-0.05, 0) is 33.6 Å². The molecule has 2 aliphatic heterocycles. The summed E-state index contributed by atoms with van der Waals surface area (Å²) >= 11 is 1.24. The van der Waals surface area contributed by atoms with Crippen molar-refractivity contribution in [1.82, 2.24) is 24.6 Å². The molecule has 11 heteroatoms. The van der Waals surface area contributed by atoms with Crippen LogP contribution in [0.4, 0.5) is 4.79 Å². The number of thioether (sulfide) groups is 1. The van der Waals surface area contributed by atoms with E-state index in [2.05, 4.69) is 10.2 Å². The summed E-state index contributed by atoms with van der Waals surface area (Å²) in [5.41, 5.74) is -0.828. The lowest BCUT2D eigenvalue weighted by atomic mass is 10.2. The number of H-pyrrole nitrogens is 1. The molecule has 162 valence electrons. The van der Waals surface area contributed by atoms with E-state index in [-0.39, 0.29) is 29.5 Å². The van der Waals surface area contributed by atoms with E-state index in [1.807, 2.05) is 20.8 Å². The zero-order chi connectivity index (χ0) is 21.0. The van der Waals surface area contributed by atoms with Gasteiger partial charge in [0, 0.05) is 32.8 Å². The summed E-state index contributed by atoms with van der Waals surface area (Å²) in [6, 6.07) is 0. The Bertz CT molecular complexity index is 772. The van der Waals surface area contributed by atoms with E-state index in [9.17, 15) is 14.4 Å². The second kappa shape index (κ2) is 9.21. The van der Waals surface area contributed by atoms with Crippen LogP contribution in [0.15, 0.2) is 9.95 Å². The van der Waals surface area contributed by atoms with Crippen molar-refractivity contribution in [2.45, 2.75) is 57.0 Å². The number of nitrogens with one attached hydrogen (secondary N) is 1. The van der Waals surface area contributed by atoms with Crippen LogP contribution >= 0.6 is 11.8 Å². The first kappa shape index (κ1) is 21.7. The molecule has 10 nitrogen and oxygen atoms in total. The van der Waals surface area contributed by atoms with Crippen molar-refractivity contribution in [3.05, 3.63) is 10.5 Å². The molecule has 2 saturated heterocycles. The van der Waals surface area contributed by atoms with Gasteiger partial charge in [-0.2, -0.15) is 0 Å². The van der Waals surface area contributed by atoms with E-state index in [1.54, 1.807) is 9.80 Å². The first-order valence-corrected chi connectivity index (χ1v) is 10.9. The van der Waals surface area contributed by atoms with Crippen LogP contribution in [0, 0.1) is 0 Å². The Balaban J connectivity index is 1.47. The van der Waals surface area contributed by atoms with Gasteiger partial charge in [0.25, 0.3) is 0 Å². The minimum absolute atomic E-state index is 0.0151. The molecule has 3 rings (SSSR count). The second-order valence-corrected chi connectivity index (χ2v) is 9.14. The second-order valence-electron chi connectivity index (χ2n) is 8.19. The van der Waals surface area contributed by atoms with E-state index in [0.717, 1.165) is 12.8 Å². The van der Waals surface area contributed by atoms with E-state index < -0.39 is 5.60 Å². The van der Waals surface area contributed by atoms with Crippen molar-refractivity contribution in [2.24, 2.45) is 0 Å². The van der Waals surface area contributed by atoms with E-state index >= 15 is 0 Å². The Hall–Kier alpha value is -2.01. The number of hydrogen-bond acceptors (Lipinski definition) is 7. The van der Waals surface area contributed by atoms with Gasteiger partial charge < -0.3 is 19.3 Å². The van der Waals surface area contributed by atoms with E-state index in [0.29, 0.717) is 44.5 Å². The fraction of sp³-hybridized carbons (Fsp3) is 0.778. The Morgan fingerprint density at radius 3 is 2.55 bits per heavy atom. The fourth-order valence-corrected chi connectivity index (χ4v) is 4.11. The normalized spacial score (nSPS) is 20.2. The van der Waals surface area contributed by atoms with Crippen LogP contribution in [0.5, 0.6) is 0 Å². The molecule has 2 aliphatic rings. The number of rotatable bonds is 5. The number of aromatic amines is 1. The quantitative estimate of drug-likeness (QED) is 0.696. The summed E-state index contributed by atoms with van der Waals surface area (Å²) < 4.78 is 12.5. The summed E-state index contributed by atoms with van der Waals surface area (Å²) in [6.45, 7) is 8.45. The van der Waals surface area contributed by atoms with E-state index in [1.165, 1.54) is 16.3 Å². The van der Waals surface area contributed by atoms with Gasteiger partial charge in [0.05, 0.1) is 18.4 Å². The number of hydrogen-bond donors (Lipinski definition) is 1. The first-order chi connectivity index (χ1) is 13.7. The molecule has 1 N–H and O–H groups in total.